The Bertz CT molecular complexity index is 398. The van der Waals surface area contributed by atoms with Gasteiger partial charge < -0.3 is 9.84 Å². The lowest BCUT2D eigenvalue weighted by molar-refractivity contribution is 0.138. The average molecular weight is 263 g/mol. The molecular weight excluding hydrogens is 238 g/mol. The van der Waals surface area contributed by atoms with Crippen LogP contribution in [0.5, 0.6) is 0 Å². The highest BCUT2D eigenvalue weighted by atomic mass is 16.5. The van der Waals surface area contributed by atoms with Crippen molar-refractivity contribution in [1.82, 2.24) is 15.4 Å². The third-order valence-corrected chi connectivity index (χ3v) is 4.57. The lowest BCUT2D eigenvalue weighted by atomic mass is 9.83. The summed E-state index contributed by atoms with van der Waals surface area (Å²) in [5.41, 5.74) is 1.07. The second-order valence-electron chi connectivity index (χ2n) is 6.12. The molecule has 0 spiro atoms. The molecule has 1 aliphatic carbocycles. The van der Waals surface area contributed by atoms with Crippen LogP contribution in [0, 0.1) is 12.8 Å². The van der Waals surface area contributed by atoms with Gasteiger partial charge in [0.1, 0.15) is 5.76 Å². The Morgan fingerprint density at radius 2 is 2.21 bits per heavy atom. The number of aromatic nitrogens is 1. The van der Waals surface area contributed by atoms with Crippen molar-refractivity contribution in [2.45, 2.75) is 51.6 Å². The van der Waals surface area contributed by atoms with Crippen molar-refractivity contribution in [2.75, 3.05) is 19.6 Å². The van der Waals surface area contributed by atoms with Gasteiger partial charge in [0, 0.05) is 38.3 Å². The molecular formula is C15H25N3O. The number of nitrogens with one attached hydrogen (secondary N) is 1. The van der Waals surface area contributed by atoms with E-state index < -0.39 is 0 Å². The first-order valence-electron chi connectivity index (χ1n) is 7.69. The number of aryl methyl sites for hydroxylation is 1. The van der Waals surface area contributed by atoms with E-state index in [1.54, 1.807) is 0 Å². The van der Waals surface area contributed by atoms with Crippen LogP contribution in [0.1, 0.15) is 43.6 Å². The molecule has 106 valence electrons. The summed E-state index contributed by atoms with van der Waals surface area (Å²) in [4.78, 5) is 2.52. The molecule has 3 rings (SSSR count). The SMILES string of the molecule is Cc1cc(CN2CCNC(C3CCCCC3)C2)no1. The van der Waals surface area contributed by atoms with E-state index in [9.17, 15) is 0 Å². The van der Waals surface area contributed by atoms with Crippen LogP contribution in [0.15, 0.2) is 10.6 Å². The van der Waals surface area contributed by atoms with Gasteiger partial charge in [-0.15, -0.1) is 0 Å². The normalized spacial score (nSPS) is 26.7. The molecule has 1 saturated carbocycles. The maximum absolute atomic E-state index is 5.16. The van der Waals surface area contributed by atoms with Crippen molar-refractivity contribution in [2.24, 2.45) is 5.92 Å². The quantitative estimate of drug-likeness (QED) is 0.909. The Labute approximate surface area is 115 Å². The van der Waals surface area contributed by atoms with E-state index in [1.807, 2.05) is 6.92 Å². The Morgan fingerprint density at radius 3 is 2.95 bits per heavy atom. The van der Waals surface area contributed by atoms with Crippen molar-refractivity contribution in [3.05, 3.63) is 17.5 Å². The standard InChI is InChI=1S/C15H25N3O/c1-12-9-14(17-19-12)10-18-8-7-16-15(11-18)13-5-3-2-4-6-13/h9,13,15-16H,2-8,10-11H2,1H3. The van der Waals surface area contributed by atoms with Crippen LogP contribution >= 0.6 is 0 Å². The van der Waals surface area contributed by atoms with Crippen molar-refractivity contribution in [3.63, 3.8) is 0 Å². The molecule has 0 amide bonds. The number of rotatable bonds is 3. The van der Waals surface area contributed by atoms with E-state index in [0.29, 0.717) is 6.04 Å². The molecule has 19 heavy (non-hydrogen) atoms. The van der Waals surface area contributed by atoms with Crippen LogP contribution in [0.2, 0.25) is 0 Å². The average Bonchev–Trinajstić information content (AvgIpc) is 2.85. The van der Waals surface area contributed by atoms with Crippen molar-refractivity contribution < 1.29 is 4.52 Å². The zero-order valence-corrected chi connectivity index (χ0v) is 11.9. The van der Waals surface area contributed by atoms with E-state index in [1.165, 1.54) is 32.1 Å². The molecule has 1 unspecified atom stereocenters. The fourth-order valence-corrected chi connectivity index (χ4v) is 3.56. The molecule has 2 heterocycles. The summed E-state index contributed by atoms with van der Waals surface area (Å²) in [6.07, 6.45) is 7.10. The molecule has 0 bridgehead atoms. The fourth-order valence-electron chi connectivity index (χ4n) is 3.56. The topological polar surface area (TPSA) is 41.3 Å². The van der Waals surface area contributed by atoms with E-state index in [-0.39, 0.29) is 0 Å². The molecule has 1 saturated heterocycles. The zero-order valence-electron chi connectivity index (χ0n) is 11.9. The van der Waals surface area contributed by atoms with E-state index in [4.69, 9.17) is 4.52 Å². The summed E-state index contributed by atoms with van der Waals surface area (Å²) in [5, 5.41) is 7.83. The third kappa shape index (κ3) is 3.37. The predicted octanol–water partition coefficient (Wildman–Crippen LogP) is 2.34. The maximum Gasteiger partial charge on any atom is 0.133 e. The van der Waals surface area contributed by atoms with E-state index >= 15 is 0 Å². The molecule has 1 aliphatic heterocycles. The number of hydrogen-bond donors (Lipinski definition) is 1. The summed E-state index contributed by atoms with van der Waals surface area (Å²) in [5.74, 6) is 1.80. The number of piperazine rings is 1. The predicted molar refractivity (Wildman–Crippen MR) is 74.9 cm³/mol. The van der Waals surface area contributed by atoms with Crippen LogP contribution in [0.25, 0.3) is 0 Å². The van der Waals surface area contributed by atoms with E-state index in [2.05, 4.69) is 21.4 Å². The van der Waals surface area contributed by atoms with Crippen molar-refractivity contribution in [1.29, 1.82) is 0 Å². The minimum absolute atomic E-state index is 0.682. The maximum atomic E-state index is 5.16. The molecule has 0 aromatic carbocycles. The van der Waals surface area contributed by atoms with Gasteiger partial charge in [0.15, 0.2) is 0 Å². The molecule has 4 heteroatoms. The van der Waals surface area contributed by atoms with Crippen molar-refractivity contribution in [3.8, 4) is 0 Å². The van der Waals surface area contributed by atoms with Crippen LogP contribution in [0.3, 0.4) is 0 Å². The largest absolute Gasteiger partial charge is 0.361 e. The summed E-state index contributed by atoms with van der Waals surface area (Å²) >= 11 is 0. The molecule has 2 fully saturated rings. The zero-order chi connectivity index (χ0) is 13.1. The summed E-state index contributed by atoms with van der Waals surface area (Å²) in [6.45, 7) is 6.28. The van der Waals surface area contributed by atoms with Gasteiger partial charge >= 0.3 is 0 Å². The van der Waals surface area contributed by atoms with Crippen LogP contribution in [-0.4, -0.2) is 35.7 Å². The van der Waals surface area contributed by atoms with Crippen molar-refractivity contribution >= 4 is 0 Å². The molecule has 0 radical (unpaired) electrons. The number of hydrogen-bond acceptors (Lipinski definition) is 4. The van der Waals surface area contributed by atoms with Gasteiger partial charge in [0.2, 0.25) is 0 Å². The van der Waals surface area contributed by atoms with Crippen LogP contribution in [-0.2, 0) is 6.54 Å². The van der Waals surface area contributed by atoms with Gasteiger partial charge in [-0.05, 0) is 25.7 Å². The Balaban J connectivity index is 1.55. The second kappa shape index (κ2) is 6.06. The lowest BCUT2D eigenvalue weighted by Gasteiger charge is -2.39. The third-order valence-electron chi connectivity index (χ3n) is 4.57. The molecule has 1 aromatic rings. The minimum atomic E-state index is 0.682. The van der Waals surface area contributed by atoms with Gasteiger partial charge in [-0.25, -0.2) is 0 Å². The Kier molecular flexibility index (Phi) is 4.18. The Hall–Kier alpha value is -0.870. The molecule has 4 nitrogen and oxygen atoms in total. The molecule has 2 aliphatic rings. The van der Waals surface area contributed by atoms with Gasteiger partial charge in [0.05, 0.1) is 5.69 Å². The summed E-state index contributed by atoms with van der Waals surface area (Å²) in [7, 11) is 0. The lowest BCUT2D eigenvalue weighted by Crippen LogP contribution is -2.53. The van der Waals surface area contributed by atoms with Gasteiger partial charge in [-0.2, -0.15) is 0 Å². The van der Waals surface area contributed by atoms with Crippen LogP contribution < -0.4 is 5.32 Å². The Morgan fingerprint density at radius 1 is 1.37 bits per heavy atom. The first-order valence-corrected chi connectivity index (χ1v) is 7.69. The highest BCUT2D eigenvalue weighted by Gasteiger charge is 2.28. The smallest absolute Gasteiger partial charge is 0.133 e. The van der Waals surface area contributed by atoms with Gasteiger partial charge in [0.25, 0.3) is 0 Å². The van der Waals surface area contributed by atoms with Gasteiger partial charge in [-0.3, -0.25) is 4.90 Å². The van der Waals surface area contributed by atoms with Crippen LogP contribution in [0.4, 0.5) is 0 Å². The fraction of sp³-hybridized carbons (Fsp3) is 0.800. The number of nitrogens with zero attached hydrogens (tertiary/aromatic N) is 2. The monoisotopic (exact) mass is 263 g/mol. The van der Waals surface area contributed by atoms with E-state index in [0.717, 1.165) is 43.6 Å². The first kappa shape index (κ1) is 13.1. The minimum Gasteiger partial charge on any atom is -0.361 e. The highest BCUT2D eigenvalue weighted by molar-refractivity contribution is 5.03. The molecule has 1 N–H and O–H groups in total. The second-order valence-corrected chi connectivity index (χ2v) is 6.12. The van der Waals surface area contributed by atoms with Gasteiger partial charge in [-0.1, -0.05) is 24.4 Å². The summed E-state index contributed by atoms with van der Waals surface area (Å²) in [6, 6.07) is 2.74. The highest BCUT2D eigenvalue weighted by Crippen LogP contribution is 2.27. The summed E-state index contributed by atoms with van der Waals surface area (Å²) < 4.78 is 5.16. The molecule has 1 atom stereocenters. The molecule has 1 aromatic heterocycles. The first-order chi connectivity index (χ1) is 9.31.